The first-order chi connectivity index (χ1) is 9.30. The molecule has 0 aliphatic heterocycles. The number of rotatable bonds is 7. The second kappa shape index (κ2) is 6.68. The molecule has 0 aliphatic carbocycles. The summed E-state index contributed by atoms with van der Waals surface area (Å²) in [5.41, 5.74) is 2.18. The number of hydrogen-bond donors (Lipinski definition) is 0. The number of aryl methyl sites for hydroxylation is 1. The van der Waals surface area contributed by atoms with Crippen LogP contribution < -0.4 is 0 Å². The van der Waals surface area contributed by atoms with Gasteiger partial charge in [-0.2, -0.15) is 0 Å². The first-order valence-electron chi connectivity index (χ1n) is 6.97. The van der Waals surface area contributed by atoms with Crippen molar-refractivity contribution in [3.63, 3.8) is 0 Å². The van der Waals surface area contributed by atoms with E-state index in [4.69, 9.17) is 9.47 Å². The fourth-order valence-electron chi connectivity index (χ4n) is 2.27. The number of para-hydroxylation sites is 2. The largest absolute Gasteiger partial charge is 0.351 e. The molecule has 0 N–H and O–H groups in total. The summed E-state index contributed by atoms with van der Waals surface area (Å²) in [6.07, 6.45) is 0.692. The van der Waals surface area contributed by atoms with Crippen molar-refractivity contribution in [2.75, 3.05) is 13.2 Å². The fourth-order valence-corrected chi connectivity index (χ4v) is 2.27. The molecule has 19 heavy (non-hydrogen) atoms. The molecule has 0 amide bonds. The summed E-state index contributed by atoms with van der Waals surface area (Å²) < 4.78 is 13.5. The highest BCUT2D eigenvalue weighted by Gasteiger charge is 2.14. The molecule has 0 bridgehead atoms. The van der Waals surface area contributed by atoms with E-state index in [2.05, 4.69) is 22.5 Å². The van der Waals surface area contributed by atoms with Crippen molar-refractivity contribution < 1.29 is 9.47 Å². The van der Waals surface area contributed by atoms with Gasteiger partial charge in [0.05, 0.1) is 17.6 Å². The van der Waals surface area contributed by atoms with Crippen LogP contribution in [0.15, 0.2) is 24.3 Å². The van der Waals surface area contributed by atoms with E-state index in [9.17, 15) is 0 Å². The lowest BCUT2D eigenvalue weighted by molar-refractivity contribution is -0.143. The third-order valence-electron chi connectivity index (χ3n) is 3.09. The summed E-state index contributed by atoms with van der Waals surface area (Å²) in [7, 11) is 0. The standard InChI is InChI=1S/C15H22N2O2/c1-4-14-16-12-9-7-8-10-13(12)17(14)11-15(18-5-2)19-6-3/h7-10,15H,4-6,11H2,1-3H3. The van der Waals surface area contributed by atoms with E-state index >= 15 is 0 Å². The predicted molar refractivity (Wildman–Crippen MR) is 76.2 cm³/mol. The van der Waals surface area contributed by atoms with E-state index in [1.807, 2.05) is 32.0 Å². The normalized spacial score (nSPS) is 11.6. The van der Waals surface area contributed by atoms with Gasteiger partial charge in [0.25, 0.3) is 0 Å². The molecule has 0 radical (unpaired) electrons. The zero-order valence-corrected chi connectivity index (χ0v) is 11.9. The topological polar surface area (TPSA) is 36.3 Å². The first-order valence-corrected chi connectivity index (χ1v) is 6.97. The summed E-state index contributed by atoms with van der Waals surface area (Å²) in [6.45, 7) is 8.08. The third-order valence-corrected chi connectivity index (χ3v) is 3.09. The van der Waals surface area contributed by atoms with Crippen molar-refractivity contribution in [3.8, 4) is 0 Å². The van der Waals surface area contributed by atoms with Crippen molar-refractivity contribution in [2.45, 2.75) is 40.0 Å². The van der Waals surface area contributed by atoms with Crippen LogP contribution in [0.5, 0.6) is 0 Å². The van der Waals surface area contributed by atoms with Crippen LogP contribution in [0.1, 0.15) is 26.6 Å². The van der Waals surface area contributed by atoms with Gasteiger partial charge in [-0.1, -0.05) is 19.1 Å². The number of ether oxygens (including phenoxy) is 2. The molecule has 0 saturated carbocycles. The Morgan fingerprint density at radius 1 is 1.11 bits per heavy atom. The Bertz CT molecular complexity index is 516. The average Bonchev–Trinajstić information content (AvgIpc) is 2.78. The Kier molecular flexibility index (Phi) is 4.93. The van der Waals surface area contributed by atoms with Gasteiger partial charge in [-0.25, -0.2) is 4.98 Å². The molecule has 0 aliphatic rings. The minimum absolute atomic E-state index is 0.210. The maximum Gasteiger partial charge on any atom is 0.175 e. The number of aromatic nitrogens is 2. The number of fused-ring (bicyclic) bond motifs is 1. The van der Waals surface area contributed by atoms with Gasteiger partial charge in [-0.3, -0.25) is 0 Å². The van der Waals surface area contributed by atoms with Gasteiger partial charge in [0.1, 0.15) is 5.82 Å². The molecular weight excluding hydrogens is 240 g/mol. The summed E-state index contributed by atoms with van der Waals surface area (Å²) in [4.78, 5) is 4.66. The molecule has 0 fully saturated rings. The van der Waals surface area contributed by atoms with Gasteiger partial charge < -0.3 is 14.0 Å². The maximum atomic E-state index is 5.63. The van der Waals surface area contributed by atoms with Crippen LogP contribution >= 0.6 is 0 Å². The Hall–Kier alpha value is -1.39. The van der Waals surface area contributed by atoms with Gasteiger partial charge in [0.15, 0.2) is 6.29 Å². The molecule has 2 aromatic rings. The highest BCUT2D eigenvalue weighted by atomic mass is 16.7. The highest BCUT2D eigenvalue weighted by Crippen LogP contribution is 2.17. The summed E-state index contributed by atoms with van der Waals surface area (Å²) in [5, 5.41) is 0. The molecule has 0 atom stereocenters. The minimum Gasteiger partial charge on any atom is -0.351 e. The summed E-state index contributed by atoms with van der Waals surface area (Å²) in [5.74, 6) is 1.07. The van der Waals surface area contributed by atoms with Gasteiger partial charge in [0, 0.05) is 19.6 Å². The van der Waals surface area contributed by atoms with Gasteiger partial charge in [-0.15, -0.1) is 0 Å². The lowest BCUT2D eigenvalue weighted by Crippen LogP contribution is -2.24. The predicted octanol–water partition coefficient (Wildman–Crippen LogP) is 3.00. The van der Waals surface area contributed by atoms with E-state index in [0.717, 1.165) is 23.3 Å². The van der Waals surface area contributed by atoms with Crippen molar-refractivity contribution in [2.24, 2.45) is 0 Å². The lowest BCUT2D eigenvalue weighted by Gasteiger charge is -2.19. The SMILES string of the molecule is CCOC(Cn1c(CC)nc2ccccc21)OCC. The molecule has 1 aromatic carbocycles. The molecule has 2 rings (SSSR count). The molecule has 0 unspecified atom stereocenters. The van der Waals surface area contributed by atoms with E-state index < -0.39 is 0 Å². The number of imidazole rings is 1. The zero-order chi connectivity index (χ0) is 13.7. The molecule has 104 valence electrons. The Balaban J connectivity index is 2.31. The monoisotopic (exact) mass is 262 g/mol. The van der Waals surface area contributed by atoms with Gasteiger partial charge >= 0.3 is 0 Å². The number of nitrogens with zero attached hydrogens (tertiary/aromatic N) is 2. The molecule has 1 heterocycles. The molecule has 0 spiro atoms. The van der Waals surface area contributed by atoms with E-state index in [-0.39, 0.29) is 6.29 Å². The van der Waals surface area contributed by atoms with Crippen molar-refractivity contribution in [1.29, 1.82) is 0 Å². The second-order valence-electron chi connectivity index (χ2n) is 4.32. The second-order valence-corrected chi connectivity index (χ2v) is 4.32. The van der Waals surface area contributed by atoms with Crippen LogP contribution in [-0.2, 0) is 22.4 Å². The lowest BCUT2D eigenvalue weighted by atomic mass is 10.3. The highest BCUT2D eigenvalue weighted by molar-refractivity contribution is 5.75. The Morgan fingerprint density at radius 2 is 1.79 bits per heavy atom. The average molecular weight is 262 g/mol. The van der Waals surface area contributed by atoms with E-state index in [0.29, 0.717) is 19.8 Å². The van der Waals surface area contributed by atoms with Crippen molar-refractivity contribution in [1.82, 2.24) is 9.55 Å². The van der Waals surface area contributed by atoms with Crippen molar-refractivity contribution >= 4 is 11.0 Å². The Labute approximate surface area is 114 Å². The van der Waals surface area contributed by atoms with Crippen molar-refractivity contribution in [3.05, 3.63) is 30.1 Å². The van der Waals surface area contributed by atoms with E-state index in [1.54, 1.807) is 0 Å². The van der Waals surface area contributed by atoms with Crippen LogP contribution in [0.25, 0.3) is 11.0 Å². The van der Waals surface area contributed by atoms with Crippen LogP contribution in [-0.4, -0.2) is 29.1 Å². The summed E-state index contributed by atoms with van der Waals surface area (Å²) in [6, 6.07) is 8.19. The molecule has 4 nitrogen and oxygen atoms in total. The van der Waals surface area contributed by atoms with Crippen LogP contribution in [0.3, 0.4) is 0 Å². The van der Waals surface area contributed by atoms with Crippen LogP contribution in [0, 0.1) is 0 Å². The van der Waals surface area contributed by atoms with Crippen LogP contribution in [0.2, 0.25) is 0 Å². The molecule has 4 heteroatoms. The van der Waals surface area contributed by atoms with Gasteiger partial charge in [-0.05, 0) is 26.0 Å². The molecular formula is C15H22N2O2. The minimum atomic E-state index is -0.210. The number of benzene rings is 1. The fraction of sp³-hybridized carbons (Fsp3) is 0.533. The zero-order valence-electron chi connectivity index (χ0n) is 11.9. The quantitative estimate of drug-likeness (QED) is 0.720. The smallest absolute Gasteiger partial charge is 0.175 e. The van der Waals surface area contributed by atoms with Crippen LogP contribution in [0.4, 0.5) is 0 Å². The Morgan fingerprint density at radius 3 is 2.42 bits per heavy atom. The van der Waals surface area contributed by atoms with Gasteiger partial charge in [0.2, 0.25) is 0 Å². The summed E-state index contributed by atoms with van der Waals surface area (Å²) >= 11 is 0. The molecule has 1 aromatic heterocycles. The molecule has 0 saturated heterocycles. The first kappa shape index (κ1) is 14.0. The third kappa shape index (κ3) is 3.14. The maximum absolute atomic E-state index is 5.63. The number of hydrogen-bond acceptors (Lipinski definition) is 3. The van der Waals surface area contributed by atoms with E-state index in [1.165, 1.54) is 0 Å².